The molecule has 6 nitrogen and oxygen atoms in total. The molecule has 0 unspecified atom stereocenters. The molecule has 0 saturated carbocycles. The average molecular weight is 389 g/mol. The third-order valence-electron chi connectivity index (χ3n) is 4.67. The first-order valence-electron chi connectivity index (χ1n) is 8.88. The van der Waals surface area contributed by atoms with Gasteiger partial charge in [0, 0.05) is 12.2 Å². The molecular formula is C20H21ClN2O4. The lowest BCUT2D eigenvalue weighted by atomic mass is 9.82. The number of halogens is 1. The van der Waals surface area contributed by atoms with Gasteiger partial charge in [0.15, 0.2) is 5.78 Å². The Labute approximate surface area is 162 Å². The lowest BCUT2D eigenvalue weighted by Crippen LogP contribution is -2.23. The molecular weight excluding hydrogens is 368 g/mol. The Morgan fingerprint density at radius 2 is 1.41 bits per heavy atom. The van der Waals surface area contributed by atoms with Crippen LogP contribution >= 0.6 is 11.6 Å². The van der Waals surface area contributed by atoms with Crippen LogP contribution in [0, 0.1) is 0 Å². The number of hydrogen-bond donors (Lipinski definition) is 4. The third-order valence-corrected chi connectivity index (χ3v) is 4.99. The van der Waals surface area contributed by atoms with Gasteiger partial charge in [-0.1, -0.05) is 24.4 Å². The van der Waals surface area contributed by atoms with Crippen LogP contribution in [0.5, 0.6) is 11.5 Å². The summed E-state index contributed by atoms with van der Waals surface area (Å²) in [5, 5.41) is 23.6. The van der Waals surface area contributed by atoms with Crippen LogP contribution in [0.1, 0.15) is 57.5 Å². The van der Waals surface area contributed by atoms with Crippen molar-refractivity contribution in [1.82, 2.24) is 0 Å². The van der Waals surface area contributed by atoms with Gasteiger partial charge in [0.1, 0.15) is 11.5 Å². The molecule has 2 aromatic carbocycles. The van der Waals surface area contributed by atoms with E-state index in [0.717, 1.165) is 25.7 Å². The summed E-state index contributed by atoms with van der Waals surface area (Å²) in [6.45, 7) is 1.28. The zero-order chi connectivity index (χ0) is 19.6. The number of nitrogens with one attached hydrogen (secondary N) is 1. The molecule has 1 aliphatic rings. The van der Waals surface area contributed by atoms with Crippen LogP contribution in [-0.2, 0) is 0 Å². The van der Waals surface area contributed by atoms with Gasteiger partial charge in [-0.25, -0.2) is 0 Å². The average Bonchev–Trinajstić information content (AvgIpc) is 2.65. The minimum Gasteiger partial charge on any atom is -0.507 e. The van der Waals surface area contributed by atoms with Gasteiger partial charge in [0.25, 0.3) is 0 Å². The van der Waals surface area contributed by atoms with Crippen molar-refractivity contribution in [2.45, 2.75) is 25.7 Å². The first kappa shape index (κ1) is 19.2. The van der Waals surface area contributed by atoms with Crippen LogP contribution in [0.15, 0.2) is 24.3 Å². The molecule has 27 heavy (non-hydrogen) atoms. The van der Waals surface area contributed by atoms with E-state index in [-0.39, 0.29) is 38.8 Å². The molecule has 3 rings (SSSR count). The molecule has 142 valence electrons. The summed E-state index contributed by atoms with van der Waals surface area (Å²) in [6, 6.07) is 5.57. The van der Waals surface area contributed by atoms with Gasteiger partial charge < -0.3 is 21.3 Å². The lowest BCUT2D eigenvalue weighted by Gasteiger charge is -2.23. The highest BCUT2D eigenvalue weighted by molar-refractivity contribution is 6.40. The monoisotopic (exact) mass is 388 g/mol. The van der Waals surface area contributed by atoms with Gasteiger partial charge in [0.05, 0.1) is 27.3 Å². The molecule has 0 bridgehead atoms. The van der Waals surface area contributed by atoms with E-state index in [9.17, 15) is 19.8 Å². The number of unbranched alkanes of at least 4 members (excludes halogenated alkanes) is 3. The van der Waals surface area contributed by atoms with E-state index in [0.29, 0.717) is 18.8 Å². The summed E-state index contributed by atoms with van der Waals surface area (Å²) in [4.78, 5) is 25.9. The third kappa shape index (κ3) is 3.50. The molecule has 7 heteroatoms. The minimum atomic E-state index is -0.579. The molecule has 0 aromatic heterocycles. The molecule has 0 radical (unpaired) electrons. The van der Waals surface area contributed by atoms with E-state index in [1.165, 1.54) is 18.2 Å². The molecule has 0 atom stereocenters. The van der Waals surface area contributed by atoms with E-state index in [1.807, 2.05) is 0 Å². The molecule has 1 aliphatic carbocycles. The second-order valence-electron chi connectivity index (χ2n) is 6.49. The summed E-state index contributed by atoms with van der Waals surface area (Å²) < 4.78 is 0. The maximum absolute atomic E-state index is 13.0. The summed E-state index contributed by atoms with van der Waals surface area (Å²) in [5.41, 5.74) is 5.69. The second kappa shape index (κ2) is 7.98. The molecule has 0 aliphatic heterocycles. The number of phenolic OH excluding ortho intramolecular Hbond substituents is 2. The van der Waals surface area contributed by atoms with Gasteiger partial charge in [-0.3, -0.25) is 9.59 Å². The largest absolute Gasteiger partial charge is 0.507 e. The van der Waals surface area contributed by atoms with Crippen molar-refractivity contribution in [3.8, 4) is 11.5 Å². The number of hydrogen-bond acceptors (Lipinski definition) is 6. The summed E-state index contributed by atoms with van der Waals surface area (Å²) >= 11 is 6.09. The number of carbonyl (C=O) groups excluding carboxylic acids is 2. The number of fused-ring (bicyclic) bond motifs is 2. The number of carbonyl (C=O) groups is 2. The number of phenols is 2. The summed E-state index contributed by atoms with van der Waals surface area (Å²) in [7, 11) is 0. The minimum absolute atomic E-state index is 0.0597. The number of nitrogens with two attached hydrogens (primary N) is 1. The maximum Gasteiger partial charge on any atom is 0.200 e. The predicted octanol–water partition coefficient (Wildman–Crippen LogP) is 3.46. The van der Waals surface area contributed by atoms with Crippen molar-refractivity contribution in [2.24, 2.45) is 5.73 Å². The van der Waals surface area contributed by atoms with Crippen molar-refractivity contribution in [1.29, 1.82) is 0 Å². The molecule has 0 saturated heterocycles. The number of rotatable bonds is 7. The smallest absolute Gasteiger partial charge is 0.200 e. The fourth-order valence-electron chi connectivity index (χ4n) is 3.32. The van der Waals surface area contributed by atoms with Crippen LogP contribution in [0.2, 0.25) is 5.02 Å². The molecule has 5 N–H and O–H groups in total. The van der Waals surface area contributed by atoms with E-state index in [2.05, 4.69) is 5.32 Å². The van der Waals surface area contributed by atoms with Crippen molar-refractivity contribution >= 4 is 28.9 Å². The van der Waals surface area contributed by atoms with Crippen LogP contribution in [-0.4, -0.2) is 34.9 Å². The maximum atomic E-state index is 13.0. The van der Waals surface area contributed by atoms with Crippen LogP contribution in [0.3, 0.4) is 0 Å². The Hall–Kier alpha value is -2.57. The zero-order valence-electron chi connectivity index (χ0n) is 14.7. The van der Waals surface area contributed by atoms with Gasteiger partial charge in [-0.15, -0.1) is 0 Å². The van der Waals surface area contributed by atoms with Crippen LogP contribution < -0.4 is 11.1 Å². The lowest BCUT2D eigenvalue weighted by molar-refractivity contribution is 0.0975. The number of aromatic hydroxyl groups is 2. The Balaban J connectivity index is 1.95. The van der Waals surface area contributed by atoms with Crippen LogP contribution in [0.4, 0.5) is 5.69 Å². The molecule has 0 amide bonds. The quantitative estimate of drug-likeness (QED) is 0.364. The standard InChI is InChI=1S/C20H21ClN2O4/c21-11-5-7-13(24)17-15(11)19(26)18-14(25)8-6-12(16(18)20(17)27)23-10-4-2-1-3-9-22/h5-8,23-25H,1-4,9-10,22H2. The number of ketones is 2. The highest BCUT2D eigenvalue weighted by atomic mass is 35.5. The van der Waals surface area contributed by atoms with Gasteiger partial charge in [0.2, 0.25) is 5.78 Å². The van der Waals surface area contributed by atoms with Crippen LogP contribution in [0.25, 0.3) is 0 Å². The predicted molar refractivity (Wildman–Crippen MR) is 104 cm³/mol. The van der Waals surface area contributed by atoms with E-state index < -0.39 is 11.6 Å². The van der Waals surface area contributed by atoms with E-state index in [4.69, 9.17) is 17.3 Å². The van der Waals surface area contributed by atoms with Crippen molar-refractivity contribution in [3.63, 3.8) is 0 Å². The van der Waals surface area contributed by atoms with Crippen molar-refractivity contribution < 1.29 is 19.8 Å². The fourth-order valence-corrected chi connectivity index (χ4v) is 3.56. The highest BCUT2D eigenvalue weighted by Gasteiger charge is 2.37. The summed E-state index contributed by atoms with van der Waals surface area (Å²) in [5.74, 6) is -1.72. The number of benzene rings is 2. The second-order valence-corrected chi connectivity index (χ2v) is 6.89. The van der Waals surface area contributed by atoms with Gasteiger partial charge in [-0.05, 0) is 43.7 Å². The van der Waals surface area contributed by atoms with E-state index >= 15 is 0 Å². The first-order valence-corrected chi connectivity index (χ1v) is 9.26. The van der Waals surface area contributed by atoms with Gasteiger partial charge >= 0.3 is 0 Å². The van der Waals surface area contributed by atoms with E-state index in [1.54, 1.807) is 6.07 Å². The Morgan fingerprint density at radius 3 is 2.11 bits per heavy atom. The molecule has 0 heterocycles. The Morgan fingerprint density at radius 1 is 0.815 bits per heavy atom. The van der Waals surface area contributed by atoms with Crippen molar-refractivity contribution in [3.05, 3.63) is 51.5 Å². The summed E-state index contributed by atoms with van der Waals surface area (Å²) in [6.07, 6.45) is 3.88. The normalized spacial score (nSPS) is 12.7. The molecule has 0 fully saturated rings. The Kier molecular flexibility index (Phi) is 5.68. The van der Waals surface area contributed by atoms with Gasteiger partial charge in [-0.2, -0.15) is 0 Å². The molecule has 2 aromatic rings. The first-order chi connectivity index (χ1) is 13.0. The van der Waals surface area contributed by atoms with Crippen molar-refractivity contribution in [2.75, 3.05) is 18.4 Å². The topological polar surface area (TPSA) is 113 Å². The number of anilines is 1. The fraction of sp³-hybridized carbons (Fsp3) is 0.300. The zero-order valence-corrected chi connectivity index (χ0v) is 15.5. The highest BCUT2D eigenvalue weighted by Crippen LogP contribution is 2.42. The SMILES string of the molecule is NCCCCCCNc1ccc(O)c2c1C(=O)c1c(O)ccc(Cl)c1C2=O. The Bertz CT molecular complexity index is 911. The molecule has 0 spiro atoms.